The average molecular weight is 534 g/mol. The van der Waals surface area contributed by atoms with Gasteiger partial charge in [-0.15, -0.1) is 12.4 Å². The summed E-state index contributed by atoms with van der Waals surface area (Å²) in [4.78, 5) is 0. The topological polar surface area (TPSA) is 88.9 Å². The molecule has 0 spiro atoms. The number of halogens is 1. The number of hydrogen-bond donors (Lipinski definition) is 3. The Bertz CT molecular complexity index is 2000. The van der Waals surface area contributed by atoms with E-state index in [4.69, 9.17) is 14.8 Å². The van der Waals surface area contributed by atoms with Gasteiger partial charge in [0.15, 0.2) is 5.75 Å². The van der Waals surface area contributed by atoms with Crippen LogP contribution in [-0.2, 0) is 6.42 Å². The molecule has 192 valence electrons. The molecule has 0 saturated heterocycles. The molecule has 0 unspecified atom stereocenters. The molecular weight excluding hydrogens is 509 g/mol. The first kappa shape index (κ1) is 25.1. The van der Waals surface area contributed by atoms with E-state index in [1.54, 1.807) is 18.4 Å². The van der Waals surface area contributed by atoms with E-state index in [0.717, 1.165) is 43.5 Å². The van der Waals surface area contributed by atoms with Gasteiger partial charge in [-0.3, -0.25) is 0 Å². The SMILES string of the molecule is Cl.N[C@@H](Cc1coc2ccccc12)B(O)Oc1cc2ccc3c(ccc4c5ccccc5ccc43)c2cc1O. The first-order valence-electron chi connectivity index (χ1n) is 12.6. The van der Waals surface area contributed by atoms with Gasteiger partial charge >= 0.3 is 7.12 Å². The Balaban J connectivity index is 0.00000277. The highest BCUT2D eigenvalue weighted by atomic mass is 35.5. The molecule has 7 aromatic rings. The zero-order valence-electron chi connectivity index (χ0n) is 20.9. The molecule has 0 saturated carbocycles. The summed E-state index contributed by atoms with van der Waals surface area (Å²) in [5, 5.41) is 31.3. The maximum atomic E-state index is 10.9. The largest absolute Gasteiger partial charge is 0.540 e. The second-order valence-corrected chi connectivity index (χ2v) is 9.78. The summed E-state index contributed by atoms with van der Waals surface area (Å²) in [5.74, 6) is -0.587. The van der Waals surface area contributed by atoms with Crippen LogP contribution in [0, 0.1) is 0 Å². The summed E-state index contributed by atoms with van der Waals surface area (Å²) in [6.45, 7) is 0. The number of para-hydroxylation sites is 1. The third kappa shape index (κ3) is 4.23. The van der Waals surface area contributed by atoms with Crippen LogP contribution in [0.2, 0.25) is 0 Å². The summed E-state index contributed by atoms with van der Waals surface area (Å²) in [6.07, 6.45) is 2.02. The van der Waals surface area contributed by atoms with Gasteiger partial charge in [-0.25, -0.2) is 0 Å². The number of furan rings is 1. The Hall–Kier alpha value is -4.23. The van der Waals surface area contributed by atoms with Crippen LogP contribution in [0.4, 0.5) is 0 Å². The molecule has 4 N–H and O–H groups in total. The third-order valence-corrected chi connectivity index (χ3v) is 7.45. The van der Waals surface area contributed by atoms with E-state index in [0.29, 0.717) is 6.42 Å². The molecule has 7 heteroatoms. The molecule has 0 bridgehead atoms. The fraction of sp³-hybridized carbons (Fsp3) is 0.0625. The minimum atomic E-state index is -1.32. The second-order valence-electron chi connectivity index (χ2n) is 9.78. The van der Waals surface area contributed by atoms with E-state index in [1.165, 1.54) is 16.2 Å². The van der Waals surface area contributed by atoms with E-state index < -0.39 is 13.1 Å². The Morgan fingerprint density at radius 3 is 2.13 bits per heavy atom. The van der Waals surface area contributed by atoms with E-state index >= 15 is 0 Å². The van der Waals surface area contributed by atoms with Crippen molar-refractivity contribution in [3.05, 3.63) is 109 Å². The molecule has 1 atom stereocenters. The maximum Gasteiger partial charge on any atom is 0.540 e. The number of fused-ring (bicyclic) bond motifs is 8. The highest BCUT2D eigenvalue weighted by Gasteiger charge is 2.28. The standard InChI is InChI=1S/C32H24BNO4.ClH/c34-32(16-21-18-37-30-8-4-3-7-23(21)30)33(36)38-31-15-20-10-12-26-25-11-9-19-5-1-2-6-22(19)24(25)13-14-27(26)28(20)17-29(31)35;/h1-15,17-18,32,35-36H,16,34H2;1H/t32-;/m0./s1. The third-order valence-electron chi connectivity index (χ3n) is 7.45. The lowest BCUT2D eigenvalue weighted by atomic mass is 9.76. The Morgan fingerprint density at radius 2 is 1.33 bits per heavy atom. The normalized spacial score (nSPS) is 12.3. The van der Waals surface area contributed by atoms with Gasteiger partial charge in [0.25, 0.3) is 0 Å². The van der Waals surface area contributed by atoms with Gasteiger partial charge in [-0.1, -0.05) is 78.9 Å². The van der Waals surface area contributed by atoms with Crippen molar-refractivity contribution in [2.45, 2.75) is 12.4 Å². The second kappa shape index (κ2) is 9.82. The molecule has 0 aliphatic heterocycles. The summed E-state index contributed by atoms with van der Waals surface area (Å²) in [7, 11) is -1.32. The number of phenolic OH excluding ortho intramolecular Hbond substituents is 1. The van der Waals surface area contributed by atoms with Crippen molar-refractivity contribution in [3.8, 4) is 11.5 Å². The molecule has 0 aliphatic rings. The molecular formula is C32H25BClNO4. The number of rotatable bonds is 5. The Labute approximate surface area is 231 Å². The van der Waals surface area contributed by atoms with Crippen molar-refractivity contribution in [3.63, 3.8) is 0 Å². The van der Waals surface area contributed by atoms with Gasteiger partial charge in [0.2, 0.25) is 0 Å². The number of benzene rings is 6. The van der Waals surface area contributed by atoms with Gasteiger partial charge in [-0.05, 0) is 73.3 Å². The van der Waals surface area contributed by atoms with E-state index in [9.17, 15) is 10.1 Å². The van der Waals surface area contributed by atoms with Gasteiger partial charge in [0, 0.05) is 5.39 Å². The molecule has 1 heterocycles. The van der Waals surface area contributed by atoms with Crippen molar-refractivity contribution >= 4 is 73.6 Å². The summed E-state index contributed by atoms with van der Waals surface area (Å²) >= 11 is 0. The van der Waals surface area contributed by atoms with Gasteiger partial charge in [0.05, 0.1) is 12.2 Å². The van der Waals surface area contributed by atoms with Crippen LogP contribution in [0.3, 0.4) is 0 Å². The fourth-order valence-corrected chi connectivity index (χ4v) is 5.51. The number of nitrogens with two attached hydrogens (primary N) is 1. The molecule has 0 aliphatic carbocycles. The van der Waals surface area contributed by atoms with Crippen molar-refractivity contribution in [2.75, 3.05) is 0 Å². The summed E-state index contributed by atoms with van der Waals surface area (Å²) < 4.78 is 11.3. The predicted octanol–water partition coefficient (Wildman–Crippen LogP) is 7.14. The summed E-state index contributed by atoms with van der Waals surface area (Å²) in [5.41, 5.74) is 7.94. The number of aromatic hydroxyl groups is 1. The fourth-order valence-electron chi connectivity index (χ4n) is 5.51. The van der Waals surface area contributed by atoms with Crippen LogP contribution in [0.1, 0.15) is 5.56 Å². The zero-order valence-corrected chi connectivity index (χ0v) is 21.7. The van der Waals surface area contributed by atoms with Crippen molar-refractivity contribution in [2.24, 2.45) is 5.73 Å². The molecule has 0 radical (unpaired) electrons. The smallest absolute Gasteiger partial charge is 0.533 e. The number of phenols is 1. The number of hydrogen-bond acceptors (Lipinski definition) is 5. The summed E-state index contributed by atoms with van der Waals surface area (Å²) in [6, 6.07) is 32.2. The molecule has 0 amide bonds. The predicted molar refractivity (Wildman–Crippen MR) is 162 cm³/mol. The Kier molecular flexibility index (Phi) is 6.32. The van der Waals surface area contributed by atoms with Crippen LogP contribution in [0.25, 0.3) is 54.1 Å². The molecule has 7 rings (SSSR count). The maximum absolute atomic E-state index is 10.9. The van der Waals surface area contributed by atoms with Crippen LogP contribution < -0.4 is 10.4 Å². The van der Waals surface area contributed by atoms with E-state index in [1.807, 2.05) is 30.3 Å². The van der Waals surface area contributed by atoms with Crippen LogP contribution >= 0.6 is 12.4 Å². The quantitative estimate of drug-likeness (QED) is 0.162. The highest BCUT2D eigenvalue weighted by Crippen LogP contribution is 2.39. The minimum absolute atomic E-state index is 0. The average Bonchev–Trinajstić information content (AvgIpc) is 3.35. The lowest BCUT2D eigenvalue weighted by Crippen LogP contribution is -2.45. The van der Waals surface area contributed by atoms with Crippen LogP contribution in [-0.4, -0.2) is 23.2 Å². The van der Waals surface area contributed by atoms with Gasteiger partial charge in [0.1, 0.15) is 11.3 Å². The van der Waals surface area contributed by atoms with Crippen molar-refractivity contribution in [1.82, 2.24) is 0 Å². The molecule has 6 aromatic carbocycles. The zero-order chi connectivity index (χ0) is 25.8. The monoisotopic (exact) mass is 533 g/mol. The lowest BCUT2D eigenvalue weighted by molar-refractivity contribution is 0.373. The van der Waals surface area contributed by atoms with E-state index in [2.05, 4.69) is 54.6 Å². The molecule has 0 fully saturated rings. The van der Waals surface area contributed by atoms with Gasteiger partial charge in [-0.2, -0.15) is 0 Å². The van der Waals surface area contributed by atoms with E-state index in [-0.39, 0.29) is 23.9 Å². The van der Waals surface area contributed by atoms with Gasteiger partial charge < -0.3 is 24.9 Å². The Morgan fingerprint density at radius 1 is 0.718 bits per heavy atom. The highest BCUT2D eigenvalue weighted by molar-refractivity contribution is 6.46. The first-order chi connectivity index (χ1) is 18.6. The van der Waals surface area contributed by atoms with Crippen molar-refractivity contribution in [1.29, 1.82) is 0 Å². The van der Waals surface area contributed by atoms with Crippen LogP contribution in [0.15, 0.2) is 108 Å². The van der Waals surface area contributed by atoms with Crippen molar-refractivity contribution < 1.29 is 19.2 Å². The molecule has 39 heavy (non-hydrogen) atoms. The van der Waals surface area contributed by atoms with Crippen LogP contribution in [0.5, 0.6) is 11.5 Å². The molecule has 5 nitrogen and oxygen atoms in total. The lowest BCUT2D eigenvalue weighted by Gasteiger charge is -2.18. The molecule has 1 aromatic heterocycles. The minimum Gasteiger partial charge on any atom is -0.533 e. The first-order valence-corrected chi connectivity index (χ1v) is 12.6.